The lowest BCUT2D eigenvalue weighted by Gasteiger charge is -2.23. The zero-order valence-electron chi connectivity index (χ0n) is 57.1. The number of aromatic carboxylic acids is 2. The van der Waals surface area contributed by atoms with Gasteiger partial charge in [0.15, 0.2) is 10.2 Å². The molecule has 6 aromatic heterocycles. The second-order valence-electron chi connectivity index (χ2n) is 24.5. The average Bonchev–Trinajstić information content (AvgIpc) is 1.69. The molecule has 33 heteroatoms. The van der Waals surface area contributed by atoms with Crippen LogP contribution in [0.15, 0.2) is 165 Å². The Labute approximate surface area is 637 Å². The summed E-state index contributed by atoms with van der Waals surface area (Å²) in [5.41, 5.74) is 32.2. The fourth-order valence-corrected chi connectivity index (χ4v) is 12.8. The summed E-state index contributed by atoms with van der Waals surface area (Å²) in [5.74, 6) is 3.25. The number of likely N-dealkylation sites (N-methyl/N-ethyl adjacent to an activating group) is 2. The molecule has 0 spiro atoms. The number of hydrogen-bond donors (Lipinski definition) is 13. The van der Waals surface area contributed by atoms with Gasteiger partial charge in [0.1, 0.15) is 40.9 Å². The number of carboxylic acid groups (broad SMARTS) is 2. The summed E-state index contributed by atoms with van der Waals surface area (Å²) in [4.78, 5) is 84.4. The number of hydrazine groups is 3. The molecule has 558 valence electrons. The van der Waals surface area contributed by atoms with Gasteiger partial charge in [-0.1, -0.05) is 56.0 Å². The molecule has 14 rings (SSSR count). The molecule has 107 heavy (non-hydrogen) atoms. The number of halogens is 4. The number of carbonyl (C=O) groups excluding carboxylic acids is 3. The van der Waals surface area contributed by atoms with Gasteiger partial charge in [-0.25, -0.2) is 43.6 Å². The van der Waals surface area contributed by atoms with Gasteiger partial charge in [0.25, 0.3) is 5.91 Å². The monoisotopic (exact) mass is 1530 g/mol. The molecule has 2 saturated heterocycles. The summed E-state index contributed by atoms with van der Waals surface area (Å²) in [6.07, 6.45) is 20.1. The molecule has 2 fully saturated rings. The van der Waals surface area contributed by atoms with Crippen molar-refractivity contribution in [1.82, 2.24) is 71.8 Å². The molecule has 5 atom stereocenters. The van der Waals surface area contributed by atoms with E-state index < -0.39 is 18.0 Å². The maximum absolute atomic E-state index is 14.6. The van der Waals surface area contributed by atoms with Crippen LogP contribution in [0.3, 0.4) is 0 Å². The molecule has 4 unspecified atom stereocenters. The predicted molar refractivity (Wildman–Crippen MR) is 414 cm³/mol. The summed E-state index contributed by atoms with van der Waals surface area (Å²) < 4.78 is 43.1. The van der Waals surface area contributed by atoms with Crippen molar-refractivity contribution >= 4 is 112 Å². The third kappa shape index (κ3) is 20.8. The van der Waals surface area contributed by atoms with Gasteiger partial charge in [-0.05, 0) is 199 Å². The van der Waals surface area contributed by atoms with Crippen molar-refractivity contribution in [1.29, 1.82) is 0 Å². The van der Waals surface area contributed by atoms with Gasteiger partial charge in [-0.2, -0.15) is 0 Å². The van der Waals surface area contributed by atoms with Crippen LogP contribution in [0.2, 0.25) is 0 Å². The van der Waals surface area contributed by atoms with Crippen LogP contribution in [0.1, 0.15) is 136 Å². The van der Waals surface area contributed by atoms with Crippen molar-refractivity contribution in [2.45, 2.75) is 89.0 Å². The minimum atomic E-state index is -1.05. The largest absolute Gasteiger partial charge is 0.478 e. The number of nitrogens with zero attached hydrogens (tertiary/aromatic N) is 8. The van der Waals surface area contributed by atoms with Crippen LogP contribution in [-0.4, -0.2) is 135 Å². The molecule has 26 nitrogen and oxygen atoms in total. The Kier molecular flexibility index (Phi) is 29.3. The maximum atomic E-state index is 14.6. The first-order valence-electron chi connectivity index (χ1n) is 33.0. The Morgan fingerprint density at radius 2 is 0.907 bits per heavy atom. The van der Waals surface area contributed by atoms with Gasteiger partial charge in [0, 0.05) is 99.6 Å². The topological polar surface area (TPSA) is 370 Å². The Bertz CT molecular complexity index is 4650. The van der Waals surface area contributed by atoms with Crippen LogP contribution in [0, 0.1) is 17.5 Å². The fourth-order valence-electron chi connectivity index (χ4n) is 12.4. The van der Waals surface area contributed by atoms with E-state index in [9.17, 15) is 37.1 Å². The molecule has 9 aromatic rings. The number of rotatable bonds is 13. The predicted octanol–water partition coefficient (Wildman–Crippen LogP) is 8.50. The number of nitrogens with two attached hydrogens (primary N) is 2. The van der Waals surface area contributed by atoms with Gasteiger partial charge in [0.2, 0.25) is 11.8 Å². The number of nitrogen functional groups attached to an aromatic ring is 1. The van der Waals surface area contributed by atoms with Crippen LogP contribution in [0.4, 0.5) is 30.6 Å². The Hall–Kier alpha value is -11.4. The van der Waals surface area contributed by atoms with Crippen LogP contribution >= 0.6 is 49.1 Å². The zero-order valence-corrected chi connectivity index (χ0v) is 60.3. The Balaban J connectivity index is 0.000000183. The number of pyridine rings is 6. The van der Waals surface area contributed by atoms with Gasteiger partial charge in [-0.3, -0.25) is 51.0 Å². The van der Waals surface area contributed by atoms with Crippen LogP contribution in [0.25, 0.3) is 0 Å². The van der Waals surface area contributed by atoms with E-state index >= 15 is 0 Å². The van der Waals surface area contributed by atoms with E-state index in [4.69, 9.17) is 58.4 Å². The standard InChI is InChI=1S/C26H26FN7O2S.C21H18FN5O2S.C15H13FN2S.C6H7N3O2.C5H10N2O.CH4.ClH/c1-34-12-10-21(25(34)36)30-24(35)16-6-8-22(29-13-16)32-33-26(37)31-23-18-3-2-4-20(27)17(18)7-5-15-9-11-28-14-19(15)23;22-17-3-1-2-15-14(17)6-4-12-8-9-23-11-16(12)19(15)25-21(30)27-26-18-7-5-13(10-24-18)20(28)29;16-14-3-1-2-12-11(14)5-4-10-6-7-17-8-13(10)15(12)18-9-19;7-9-5-2-1-4(3-8-5)6(10)11;1-7-3-2-4(6)5(7)8;;/h2-4,6,8-9,11,13-14,21,23H,5,7,10,12H2,1H3,(H,29,32)(H,30,35)(H2,31,33,37);1-3,5,7-11,19H,4,6H2,(H,24,26)(H,28,29)(H2,25,27,30);1-3,6-9,15H,4-5H2,(H,18,19);1-3H,7H2,(H,8,9)(H,10,11);4H,2-3,6H2,1H3;1H4;1H/t;;;;4-;;/m....1../s1. The van der Waals surface area contributed by atoms with Gasteiger partial charge >= 0.3 is 11.9 Å². The second-order valence-corrected chi connectivity index (χ2v) is 25.5. The molecule has 5 aliphatic rings. The van der Waals surface area contributed by atoms with E-state index in [2.05, 4.69) is 78.3 Å². The average molecular weight is 1540 g/mol. The number of hydrogen-bond acceptors (Lipinski definition) is 19. The number of benzene rings is 3. The van der Waals surface area contributed by atoms with Crippen molar-refractivity contribution in [2.75, 3.05) is 43.5 Å². The fraction of sp³-hybridized carbons (Fsp3) is 0.243. The number of likely N-dealkylation sites (tertiary alicyclic amines) is 2. The SMILES string of the molecule is C.CN1CCC(NC(=O)c2ccc(NNC(=S)NC3c4cnccc4CCc4c(F)cccc43)nc2)C1=O.CN1CC[C@@H](N)C1=O.Cl.Fc1cccc2c1CCc1ccncc1C2NC=S.NNc1ccc(C(=O)O)cn1.O=C(O)c1ccc(NNC(=S)NC2c3cnccc3CCc3c(F)cccc32)nc1. The summed E-state index contributed by atoms with van der Waals surface area (Å²) in [6.45, 7) is 1.44. The number of anilines is 3. The van der Waals surface area contributed by atoms with E-state index in [-0.39, 0.29) is 101 Å². The van der Waals surface area contributed by atoms with Gasteiger partial charge in [0.05, 0.1) is 46.3 Å². The molecule has 0 bridgehead atoms. The van der Waals surface area contributed by atoms with E-state index in [1.807, 2.05) is 42.6 Å². The highest BCUT2D eigenvalue weighted by atomic mass is 35.5. The first-order chi connectivity index (χ1) is 50.7. The molecular weight excluding hydrogens is 1460 g/mol. The van der Waals surface area contributed by atoms with Crippen molar-refractivity contribution in [2.24, 2.45) is 11.6 Å². The Morgan fingerprint density at radius 3 is 1.25 bits per heavy atom. The van der Waals surface area contributed by atoms with Crippen molar-refractivity contribution in [3.8, 4) is 0 Å². The Morgan fingerprint density at radius 1 is 0.514 bits per heavy atom. The number of amides is 3. The number of thiocarbonyl (C=S) groups is 3. The highest BCUT2D eigenvalue weighted by Crippen LogP contribution is 2.36. The smallest absolute Gasteiger partial charge is 0.337 e. The minimum Gasteiger partial charge on any atom is -0.478 e. The first kappa shape index (κ1) is 81.3. The third-order valence-electron chi connectivity index (χ3n) is 17.9. The van der Waals surface area contributed by atoms with E-state index in [1.54, 1.807) is 85.2 Å². The molecule has 15 N–H and O–H groups in total. The highest BCUT2D eigenvalue weighted by molar-refractivity contribution is 7.80. The van der Waals surface area contributed by atoms with Crippen molar-refractivity contribution in [3.63, 3.8) is 0 Å². The lowest BCUT2D eigenvalue weighted by Crippen LogP contribution is -2.41. The summed E-state index contributed by atoms with van der Waals surface area (Å²) in [6, 6.07) is 28.7. The summed E-state index contributed by atoms with van der Waals surface area (Å²) in [7, 11) is 3.49. The first-order valence-corrected chi connectivity index (χ1v) is 34.3. The molecule has 8 heterocycles. The quantitative estimate of drug-likeness (QED) is 0.0292. The molecule has 0 saturated carbocycles. The molecule has 2 aliphatic heterocycles. The number of carbonyl (C=O) groups is 5. The highest BCUT2D eigenvalue weighted by Gasteiger charge is 2.32. The number of carboxylic acids is 2. The minimum absolute atomic E-state index is 0. The van der Waals surface area contributed by atoms with Crippen LogP contribution < -0.4 is 60.0 Å². The van der Waals surface area contributed by atoms with E-state index in [0.29, 0.717) is 79.2 Å². The zero-order chi connectivity index (χ0) is 74.7. The summed E-state index contributed by atoms with van der Waals surface area (Å²) >= 11 is 15.8. The summed E-state index contributed by atoms with van der Waals surface area (Å²) in [5, 5.41) is 30.3. The molecule has 0 radical (unpaired) electrons. The van der Waals surface area contributed by atoms with Crippen molar-refractivity contribution in [3.05, 3.63) is 266 Å². The maximum Gasteiger partial charge on any atom is 0.337 e. The normalized spacial score (nSPS) is 16.6. The molecule has 3 aliphatic carbocycles. The number of nitrogens with one attached hydrogen (secondary N) is 9. The lowest BCUT2D eigenvalue weighted by molar-refractivity contribution is -0.128. The molecular formula is C74H79ClF3N19O7S3. The molecule has 3 aromatic carbocycles. The van der Waals surface area contributed by atoms with Crippen molar-refractivity contribution < 1.29 is 47.4 Å². The molecule has 3 amide bonds. The van der Waals surface area contributed by atoms with Crippen LogP contribution in [0.5, 0.6) is 0 Å². The van der Waals surface area contributed by atoms with E-state index in [0.717, 1.165) is 69.5 Å². The van der Waals surface area contributed by atoms with Gasteiger partial charge in [-0.15, -0.1) is 12.4 Å². The van der Waals surface area contributed by atoms with E-state index in [1.165, 1.54) is 72.1 Å². The third-order valence-corrected chi connectivity index (χ3v) is 18.5. The van der Waals surface area contributed by atoms with Crippen LogP contribution in [-0.2, 0) is 48.1 Å². The van der Waals surface area contributed by atoms with Gasteiger partial charge < -0.3 is 52.4 Å². The number of aromatic nitrogens is 6. The number of aryl methyl sites for hydroxylation is 3. The number of fused-ring (bicyclic) bond motifs is 6. The lowest BCUT2D eigenvalue weighted by atomic mass is 9.96. The second kappa shape index (κ2) is 38.5.